The molecule has 3 rings (SSSR count). The summed E-state index contributed by atoms with van der Waals surface area (Å²) in [6.07, 6.45) is 5.40. The number of halogens is 1. The van der Waals surface area contributed by atoms with Crippen LogP contribution < -0.4 is 11.1 Å². The van der Waals surface area contributed by atoms with Crippen molar-refractivity contribution in [3.8, 4) is 0 Å². The van der Waals surface area contributed by atoms with Gasteiger partial charge >= 0.3 is 0 Å². The van der Waals surface area contributed by atoms with Crippen molar-refractivity contribution in [1.82, 2.24) is 9.62 Å². The predicted molar refractivity (Wildman–Crippen MR) is 113 cm³/mol. The summed E-state index contributed by atoms with van der Waals surface area (Å²) < 4.78 is 26.4. The maximum Gasteiger partial charge on any atom is 0.251 e. The highest BCUT2D eigenvalue weighted by atomic mass is 35.5. The fraction of sp³-hybridized carbons (Fsp3) is 0.650. The Morgan fingerprint density at radius 3 is 2.18 bits per heavy atom. The molecular weight excluding hydrogens is 398 g/mol. The monoisotopic (exact) mass is 429 g/mol. The SMILES string of the molecule is CC(C)N(C)S(=O)(=O)c1ccc(C(=O)NC2C3CCCC2CC(N)C3)cc1.Cl. The smallest absolute Gasteiger partial charge is 0.251 e. The molecule has 158 valence electrons. The van der Waals surface area contributed by atoms with Crippen LogP contribution in [0.4, 0.5) is 0 Å². The molecule has 2 bridgehead atoms. The van der Waals surface area contributed by atoms with Crippen LogP contribution in [0.1, 0.15) is 56.3 Å². The molecule has 1 amide bonds. The number of sulfonamides is 1. The van der Waals surface area contributed by atoms with Crippen LogP contribution in [0.5, 0.6) is 0 Å². The summed E-state index contributed by atoms with van der Waals surface area (Å²) in [4.78, 5) is 12.9. The van der Waals surface area contributed by atoms with Crippen LogP contribution in [-0.2, 0) is 10.0 Å². The molecule has 2 aliphatic carbocycles. The first-order chi connectivity index (χ1) is 12.7. The van der Waals surface area contributed by atoms with Crippen LogP contribution in [0.25, 0.3) is 0 Å². The van der Waals surface area contributed by atoms with Crippen LogP contribution in [0, 0.1) is 11.8 Å². The number of nitrogens with zero attached hydrogens (tertiary/aromatic N) is 1. The van der Waals surface area contributed by atoms with Crippen LogP contribution in [-0.4, -0.2) is 43.8 Å². The summed E-state index contributed by atoms with van der Waals surface area (Å²) in [6.45, 7) is 3.65. The Kier molecular flexibility index (Phi) is 7.53. The predicted octanol–water partition coefficient (Wildman–Crippen LogP) is 2.77. The molecule has 6 nitrogen and oxygen atoms in total. The average Bonchev–Trinajstić information content (AvgIpc) is 2.61. The fourth-order valence-electron chi connectivity index (χ4n) is 4.48. The lowest BCUT2D eigenvalue weighted by Crippen LogP contribution is -2.53. The van der Waals surface area contributed by atoms with Gasteiger partial charge in [-0.25, -0.2) is 8.42 Å². The van der Waals surface area contributed by atoms with Gasteiger partial charge in [0.25, 0.3) is 5.91 Å². The number of amides is 1. The van der Waals surface area contributed by atoms with Gasteiger partial charge in [0.1, 0.15) is 0 Å². The van der Waals surface area contributed by atoms with E-state index in [9.17, 15) is 13.2 Å². The van der Waals surface area contributed by atoms with E-state index in [4.69, 9.17) is 5.73 Å². The molecule has 3 N–H and O–H groups in total. The third-order valence-corrected chi connectivity index (χ3v) is 8.24. The highest BCUT2D eigenvalue weighted by Gasteiger charge is 2.40. The van der Waals surface area contributed by atoms with Crippen molar-refractivity contribution in [2.75, 3.05) is 7.05 Å². The first-order valence-electron chi connectivity index (χ1n) is 9.84. The Labute approximate surface area is 174 Å². The lowest BCUT2D eigenvalue weighted by Gasteiger charge is -2.45. The maximum atomic E-state index is 12.7. The lowest BCUT2D eigenvalue weighted by atomic mass is 9.67. The second kappa shape index (κ2) is 9.11. The third-order valence-electron chi connectivity index (χ3n) is 6.20. The highest BCUT2D eigenvalue weighted by molar-refractivity contribution is 7.89. The molecule has 0 aromatic heterocycles. The van der Waals surface area contributed by atoms with E-state index in [-0.39, 0.29) is 41.3 Å². The van der Waals surface area contributed by atoms with E-state index >= 15 is 0 Å². The van der Waals surface area contributed by atoms with Crippen molar-refractivity contribution in [3.63, 3.8) is 0 Å². The highest BCUT2D eigenvalue weighted by Crippen LogP contribution is 2.39. The van der Waals surface area contributed by atoms with Gasteiger partial charge in [-0.05, 0) is 75.6 Å². The number of benzene rings is 1. The quantitative estimate of drug-likeness (QED) is 0.752. The Morgan fingerprint density at radius 1 is 1.14 bits per heavy atom. The first-order valence-corrected chi connectivity index (χ1v) is 11.3. The second-order valence-corrected chi connectivity index (χ2v) is 10.3. The number of fused-ring (bicyclic) bond motifs is 2. The van der Waals surface area contributed by atoms with E-state index in [0.29, 0.717) is 17.4 Å². The van der Waals surface area contributed by atoms with Gasteiger partial charge in [0, 0.05) is 30.7 Å². The summed E-state index contributed by atoms with van der Waals surface area (Å²) in [5.74, 6) is 0.778. The molecule has 28 heavy (non-hydrogen) atoms. The van der Waals surface area contributed by atoms with E-state index < -0.39 is 10.0 Å². The van der Waals surface area contributed by atoms with Crippen molar-refractivity contribution in [1.29, 1.82) is 0 Å². The molecule has 0 saturated heterocycles. The van der Waals surface area contributed by atoms with Crippen molar-refractivity contribution in [2.45, 2.75) is 69.0 Å². The van der Waals surface area contributed by atoms with E-state index in [1.54, 1.807) is 19.2 Å². The Hall–Kier alpha value is -1.15. The van der Waals surface area contributed by atoms with Gasteiger partial charge in [-0.1, -0.05) is 6.42 Å². The zero-order valence-corrected chi connectivity index (χ0v) is 18.4. The van der Waals surface area contributed by atoms with Gasteiger partial charge < -0.3 is 11.1 Å². The molecular formula is C20H32ClN3O3S. The fourth-order valence-corrected chi connectivity index (χ4v) is 5.85. The van der Waals surface area contributed by atoms with E-state index in [0.717, 1.165) is 25.7 Å². The largest absolute Gasteiger partial charge is 0.349 e. The van der Waals surface area contributed by atoms with E-state index in [2.05, 4.69) is 5.32 Å². The van der Waals surface area contributed by atoms with Gasteiger partial charge in [-0.3, -0.25) is 4.79 Å². The van der Waals surface area contributed by atoms with E-state index in [1.807, 2.05) is 13.8 Å². The molecule has 0 spiro atoms. The van der Waals surface area contributed by atoms with Gasteiger partial charge in [-0.2, -0.15) is 4.31 Å². The molecule has 1 aromatic rings. The van der Waals surface area contributed by atoms with Crippen LogP contribution in [0.3, 0.4) is 0 Å². The molecule has 0 heterocycles. The summed E-state index contributed by atoms with van der Waals surface area (Å²) in [5, 5.41) is 3.20. The maximum absolute atomic E-state index is 12.7. The number of carbonyl (C=O) groups is 1. The van der Waals surface area contributed by atoms with Crippen LogP contribution in [0.2, 0.25) is 0 Å². The number of hydrogen-bond acceptors (Lipinski definition) is 4. The van der Waals surface area contributed by atoms with Crippen molar-refractivity contribution in [3.05, 3.63) is 29.8 Å². The number of carbonyl (C=O) groups excluding carboxylic acids is 1. The van der Waals surface area contributed by atoms with Crippen LogP contribution in [0.15, 0.2) is 29.2 Å². The molecule has 0 radical (unpaired) electrons. The number of rotatable bonds is 5. The summed E-state index contributed by atoms with van der Waals surface area (Å²) >= 11 is 0. The van der Waals surface area contributed by atoms with Gasteiger partial charge in [0.2, 0.25) is 10.0 Å². The summed E-state index contributed by atoms with van der Waals surface area (Å²) in [7, 11) is -1.98. The van der Waals surface area contributed by atoms with Crippen molar-refractivity contribution in [2.24, 2.45) is 17.6 Å². The number of nitrogens with one attached hydrogen (secondary N) is 1. The van der Waals surface area contributed by atoms with E-state index in [1.165, 1.54) is 22.9 Å². The van der Waals surface area contributed by atoms with Crippen LogP contribution >= 0.6 is 12.4 Å². The number of nitrogens with two attached hydrogens (primary N) is 1. The molecule has 2 unspecified atom stereocenters. The van der Waals surface area contributed by atoms with Crippen molar-refractivity contribution < 1.29 is 13.2 Å². The lowest BCUT2D eigenvalue weighted by molar-refractivity contribution is 0.0756. The minimum atomic E-state index is -3.54. The molecule has 1 aromatic carbocycles. The van der Waals surface area contributed by atoms with Gasteiger partial charge in [0.05, 0.1) is 4.90 Å². The number of hydrogen-bond donors (Lipinski definition) is 2. The summed E-state index contributed by atoms with van der Waals surface area (Å²) in [5.41, 5.74) is 6.65. The minimum Gasteiger partial charge on any atom is -0.349 e. The topological polar surface area (TPSA) is 92.5 Å². The van der Waals surface area contributed by atoms with Crippen molar-refractivity contribution >= 4 is 28.3 Å². The average molecular weight is 430 g/mol. The summed E-state index contributed by atoms with van der Waals surface area (Å²) in [6, 6.07) is 6.52. The molecule has 2 aliphatic rings. The molecule has 0 aliphatic heterocycles. The molecule has 2 saturated carbocycles. The standard InChI is InChI=1S/C20H31N3O3S.ClH/c1-13(2)23(3)27(25,26)18-9-7-14(8-10-18)20(24)22-19-15-5-4-6-16(19)12-17(21)11-15;/h7-10,13,15-17,19H,4-6,11-12,21H2,1-3H3,(H,22,24);1H. The second-order valence-electron chi connectivity index (χ2n) is 8.32. The van der Waals surface area contributed by atoms with Gasteiger partial charge in [0.15, 0.2) is 0 Å². The normalized spacial score (nSPS) is 27.4. The zero-order valence-electron chi connectivity index (χ0n) is 16.8. The first kappa shape index (κ1) is 23.1. The zero-order chi connectivity index (χ0) is 19.8. The molecule has 2 fully saturated rings. The Bertz CT molecular complexity index is 768. The Morgan fingerprint density at radius 2 is 1.68 bits per heavy atom. The minimum absolute atomic E-state index is 0. The van der Waals surface area contributed by atoms with Gasteiger partial charge in [-0.15, -0.1) is 12.4 Å². The Balaban J connectivity index is 0.00000280. The third kappa shape index (κ3) is 4.70. The molecule has 2 atom stereocenters. The molecule has 8 heteroatoms.